The van der Waals surface area contributed by atoms with Gasteiger partial charge in [-0.1, -0.05) is 30.3 Å². The molecule has 0 fully saturated rings. The number of benzene rings is 1. The maximum Gasteiger partial charge on any atom is 0.0645 e. The summed E-state index contributed by atoms with van der Waals surface area (Å²) >= 11 is 1.71. The third kappa shape index (κ3) is 3.16. The molecule has 0 saturated heterocycles. The third-order valence-electron chi connectivity index (χ3n) is 2.69. The fourth-order valence-electron chi connectivity index (χ4n) is 1.83. The van der Waals surface area contributed by atoms with E-state index in [2.05, 4.69) is 54.7 Å². The highest BCUT2D eigenvalue weighted by Gasteiger charge is 2.09. The molecule has 0 bridgehead atoms. The van der Waals surface area contributed by atoms with Crippen LogP contribution < -0.4 is 5.73 Å². The van der Waals surface area contributed by atoms with Crippen molar-refractivity contribution in [3.05, 3.63) is 57.8 Å². The fraction of sp³-hybridized carbons (Fsp3) is 0.286. The number of thiophene rings is 1. The van der Waals surface area contributed by atoms with Crippen LogP contribution in [0.1, 0.15) is 22.0 Å². The van der Waals surface area contributed by atoms with Crippen molar-refractivity contribution in [1.82, 2.24) is 4.90 Å². The molecule has 0 aliphatic carbocycles. The molecule has 2 aromatic rings. The van der Waals surface area contributed by atoms with E-state index in [9.17, 15) is 0 Å². The van der Waals surface area contributed by atoms with Crippen LogP contribution in [0.5, 0.6) is 0 Å². The molecule has 1 atom stereocenters. The van der Waals surface area contributed by atoms with Gasteiger partial charge in [0.05, 0.1) is 6.04 Å². The lowest BCUT2D eigenvalue weighted by atomic mass is 10.0. The van der Waals surface area contributed by atoms with Crippen LogP contribution in [-0.2, 0) is 6.54 Å². The maximum atomic E-state index is 6.21. The van der Waals surface area contributed by atoms with E-state index in [-0.39, 0.29) is 6.04 Å². The van der Waals surface area contributed by atoms with Crippen LogP contribution >= 0.6 is 11.3 Å². The van der Waals surface area contributed by atoms with E-state index >= 15 is 0 Å². The minimum atomic E-state index is 0.00315. The zero-order valence-corrected chi connectivity index (χ0v) is 11.1. The number of hydrogen-bond acceptors (Lipinski definition) is 3. The van der Waals surface area contributed by atoms with Crippen molar-refractivity contribution >= 4 is 11.3 Å². The Bertz CT molecular complexity index is 446. The van der Waals surface area contributed by atoms with Gasteiger partial charge >= 0.3 is 0 Å². The monoisotopic (exact) mass is 246 g/mol. The topological polar surface area (TPSA) is 29.3 Å². The first kappa shape index (κ1) is 12.3. The summed E-state index contributed by atoms with van der Waals surface area (Å²) in [6.07, 6.45) is 0. The largest absolute Gasteiger partial charge is 0.320 e. The van der Waals surface area contributed by atoms with Gasteiger partial charge in [-0.3, -0.25) is 0 Å². The average molecular weight is 246 g/mol. The van der Waals surface area contributed by atoms with E-state index in [1.165, 1.54) is 16.0 Å². The third-order valence-corrected chi connectivity index (χ3v) is 3.64. The Hall–Kier alpha value is -1.16. The molecule has 3 heteroatoms. The van der Waals surface area contributed by atoms with Crippen molar-refractivity contribution in [2.24, 2.45) is 5.73 Å². The molecular weight excluding hydrogens is 228 g/mol. The van der Waals surface area contributed by atoms with Crippen LogP contribution in [0.3, 0.4) is 0 Å². The number of nitrogens with zero attached hydrogens (tertiary/aromatic N) is 1. The summed E-state index contributed by atoms with van der Waals surface area (Å²) in [5.41, 5.74) is 8.70. The molecule has 1 aromatic heterocycles. The highest BCUT2D eigenvalue weighted by Crippen LogP contribution is 2.23. The number of nitrogens with two attached hydrogens (primary N) is 1. The predicted octanol–water partition coefficient (Wildman–Crippen LogP) is 2.86. The summed E-state index contributed by atoms with van der Waals surface area (Å²) < 4.78 is 0. The Morgan fingerprint density at radius 3 is 2.41 bits per heavy atom. The predicted molar refractivity (Wildman–Crippen MR) is 74.2 cm³/mol. The highest BCUT2D eigenvalue weighted by molar-refractivity contribution is 7.10. The summed E-state index contributed by atoms with van der Waals surface area (Å²) in [5.74, 6) is 0. The van der Waals surface area contributed by atoms with E-state index in [0.717, 1.165) is 6.54 Å². The molecule has 2 nitrogen and oxygen atoms in total. The molecular formula is C14H18N2S. The van der Waals surface area contributed by atoms with Gasteiger partial charge in [-0.15, -0.1) is 11.3 Å². The molecule has 1 heterocycles. The van der Waals surface area contributed by atoms with Gasteiger partial charge < -0.3 is 10.6 Å². The first-order valence-corrected chi connectivity index (χ1v) is 6.57. The standard InChI is InChI=1S/C14H18N2S/c1-16(2)10-11-5-7-12(8-6-11)14(15)13-4-3-9-17-13/h3-9,14H,10,15H2,1-2H3. The minimum Gasteiger partial charge on any atom is -0.320 e. The first-order valence-electron chi connectivity index (χ1n) is 5.69. The van der Waals surface area contributed by atoms with Crippen LogP contribution in [0.4, 0.5) is 0 Å². The lowest BCUT2D eigenvalue weighted by Gasteiger charge is -2.13. The summed E-state index contributed by atoms with van der Waals surface area (Å²) in [5, 5.41) is 2.07. The molecule has 0 amide bonds. The van der Waals surface area contributed by atoms with Gasteiger partial charge in [0.15, 0.2) is 0 Å². The Labute approximate surface area is 107 Å². The second-order valence-corrected chi connectivity index (χ2v) is 5.45. The van der Waals surface area contributed by atoms with Gasteiger partial charge in [0, 0.05) is 11.4 Å². The Morgan fingerprint density at radius 2 is 1.88 bits per heavy atom. The molecule has 0 saturated carbocycles. The van der Waals surface area contributed by atoms with Crippen molar-refractivity contribution in [1.29, 1.82) is 0 Å². The van der Waals surface area contributed by atoms with Gasteiger partial charge in [-0.25, -0.2) is 0 Å². The Kier molecular flexibility index (Phi) is 3.94. The molecule has 1 unspecified atom stereocenters. The van der Waals surface area contributed by atoms with Crippen LogP contribution in [0.25, 0.3) is 0 Å². The van der Waals surface area contributed by atoms with Crippen LogP contribution in [0, 0.1) is 0 Å². The van der Waals surface area contributed by atoms with E-state index in [1.54, 1.807) is 11.3 Å². The molecule has 2 N–H and O–H groups in total. The summed E-state index contributed by atoms with van der Waals surface area (Å²) in [7, 11) is 4.15. The van der Waals surface area contributed by atoms with E-state index in [4.69, 9.17) is 5.73 Å². The summed E-state index contributed by atoms with van der Waals surface area (Å²) in [6, 6.07) is 12.7. The van der Waals surface area contributed by atoms with Crippen molar-refractivity contribution in [3.8, 4) is 0 Å². The zero-order valence-electron chi connectivity index (χ0n) is 10.3. The number of rotatable bonds is 4. The Balaban J connectivity index is 2.12. The van der Waals surface area contributed by atoms with Gasteiger partial charge in [-0.05, 0) is 36.7 Å². The Morgan fingerprint density at radius 1 is 1.18 bits per heavy atom. The average Bonchev–Trinajstić information content (AvgIpc) is 2.82. The zero-order chi connectivity index (χ0) is 12.3. The number of hydrogen-bond donors (Lipinski definition) is 1. The summed E-state index contributed by atoms with van der Waals surface area (Å²) in [6.45, 7) is 0.967. The second kappa shape index (κ2) is 5.45. The molecule has 0 spiro atoms. The smallest absolute Gasteiger partial charge is 0.0645 e. The van der Waals surface area contributed by atoms with Crippen molar-refractivity contribution in [3.63, 3.8) is 0 Å². The lowest BCUT2D eigenvalue weighted by molar-refractivity contribution is 0.402. The molecule has 0 radical (unpaired) electrons. The van der Waals surface area contributed by atoms with E-state index in [0.29, 0.717) is 0 Å². The highest BCUT2D eigenvalue weighted by atomic mass is 32.1. The molecule has 90 valence electrons. The first-order chi connectivity index (χ1) is 8.16. The van der Waals surface area contributed by atoms with Crippen LogP contribution in [-0.4, -0.2) is 19.0 Å². The second-order valence-electron chi connectivity index (χ2n) is 4.47. The van der Waals surface area contributed by atoms with Crippen LogP contribution in [0.2, 0.25) is 0 Å². The SMILES string of the molecule is CN(C)Cc1ccc(C(N)c2cccs2)cc1. The maximum absolute atomic E-state index is 6.21. The normalized spacial score (nSPS) is 12.9. The molecule has 2 rings (SSSR count). The van der Waals surface area contributed by atoms with Crippen molar-refractivity contribution in [2.45, 2.75) is 12.6 Å². The van der Waals surface area contributed by atoms with Gasteiger partial charge in [0.1, 0.15) is 0 Å². The quantitative estimate of drug-likeness (QED) is 0.899. The van der Waals surface area contributed by atoms with Crippen molar-refractivity contribution < 1.29 is 0 Å². The van der Waals surface area contributed by atoms with Gasteiger partial charge in [0.2, 0.25) is 0 Å². The van der Waals surface area contributed by atoms with E-state index < -0.39 is 0 Å². The van der Waals surface area contributed by atoms with Gasteiger partial charge in [-0.2, -0.15) is 0 Å². The van der Waals surface area contributed by atoms with Crippen molar-refractivity contribution in [2.75, 3.05) is 14.1 Å². The molecule has 0 aliphatic heterocycles. The van der Waals surface area contributed by atoms with Gasteiger partial charge in [0.25, 0.3) is 0 Å². The molecule has 1 aromatic carbocycles. The van der Waals surface area contributed by atoms with Crippen LogP contribution in [0.15, 0.2) is 41.8 Å². The fourth-order valence-corrected chi connectivity index (χ4v) is 2.58. The molecule has 0 aliphatic rings. The summed E-state index contributed by atoms with van der Waals surface area (Å²) in [4.78, 5) is 3.37. The molecule has 17 heavy (non-hydrogen) atoms. The van der Waals surface area contributed by atoms with E-state index in [1.807, 2.05) is 6.07 Å². The lowest BCUT2D eigenvalue weighted by Crippen LogP contribution is -2.12. The minimum absolute atomic E-state index is 0.00315.